The maximum atomic E-state index is 12.7. The van der Waals surface area contributed by atoms with Crippen molar-refractivity contribution in [3.8, 4) is 5.75 Å². The summed E-state index contributed by atoms with van der Waals surface area (Å²) in [4.78, 5) is 12.7. The van der Waals surface area contributed by atoms with Crippen molar-refractivity contribution in [3.05, 3.63) is 64.7 Å². The topological polar surface area (TPSA) is 38.3 Å². The monoisotopic (exact) mass is 369 g/mol. The summed E-state index contributed by atoms with van der Waals surface area (Å²) in [6.07, 6.45) is 7.01. The van der Waals surface area contributed by atoms with Crippen LogP contribution in [0.3, 0.4) is 0 Å². The van der Waals surface area contributed by atoms with Crippen molar-refractivity contribution >= 4 is 17.5 Å². The van der Waals surface area contributed by atoms with E-state index < -0.39 is 0 Å². The van der Waals surface area contributed by atoms with E-state index in [2.05, 4.69) is 11.4 Å². The minimum absolute atomic E-state index is 0.00438. The Bertz CT molecular complexity index is 798. The Morgan fingerprint density at radius 1 is 1.12 bits per heavy atom. The van der Waals surface area contributed by atoms with E-state index in [1.165, 1.54) is 19.3 Å². The van der Waals surface area contributed by atoms with Crippen molar-refractivity contribution < 1.29 is 9.53 Å². The molecule has 0 aromatic heterocycles. The van der Waals surface area contributed by atoms with E-state index >= 15 is 0 Å². The summed E-state index contributed by atoms with van der Waals surface area (Å²) >= 11 is 6.04. The number of ether oxygens (including phenoxy) is 1. The lowest BCUT2D eigenvalue weighted by Gasteiger charge is -2.44. The molecule has 2 aromatic rings. The molecular weight excluding hydrogens is 346 g/mol. The predicted molar refractivity (Wildman–Crippen MR) is 104 cm³/mol. The SMILES string of the molecule is O=C(Cc1cccc(Cl)c1)NC1CC2(CCCCC2)Oc2ccccc21. The van der Waals surface area contributed by atoms with E-state index in [-0.39, 0.29) is 17.6 Å². The average molecular weight is 370 g/mol. The molecule has 1 amide bonds. The maximum absolute atomic E-state index is 12.7. The molecule has 136 valence electrons. The highest BCUT2D eigenvalue weighted by Gasteiger charge is 2.42. The Morgan fingerprint density at radius 2 is 1.92 bits per heavy atom. The Balaban J connectivity index is 1.53. The van der Waals surface area contributed by atoms with E-state index in [1.807, 2.05) is 42.5 Å². The summed E-state index contributed by atoms with van der Waals surface area (Å²) in [6.45, 7) is 0. The van der Waals surface area contributed by atoms with Gasteiger partial charge in [-0.1, -0.05) is 48.4 Å². The van der Waals surface area contributed by atoms with Crippen LogP contribution < -0.4 is 10.1 Å². The first kappa shape index (κ1) is 17.4. The summed E-state index contributed by atoms with van der Waals surface area (Å²) in [6, 6.07) is 15.6. The van der Waals surface area contributed by atoms with E-state index in [4.69, 9.17) is 16.3 Å². The number of fused-ring (bicyclic) bond motifs is 1. The standard InChI is InChI=1S/C22H24ClNO2/c23-17-8-6-7-16(13-17)14-21(25)24-19-15-22(11-4-1-5-12-22)26-20-10-3-2-9-18(19)20/h2-3,6-10,13,19H,1,4-5,11-12,14-15H2,(H,24,25). The number of benzene rings is 2. The lowest BCUT2D eigenvalue weighted by atomic mass is 9.77. The van der Waals surface area contributed by atoms with Gasteiger partial charge >= 0.3 is 0 Å². The van der Waals surface area contributed by atoms with Crippen molar-refractivity contribution in [2.45, 2.75) is 56.6 Å². The molecule has 0 saturated heterocycles. The number of rotatable bonds is 3. The largest absolute Gasteiger partial charge is 0.487 e. The summed E-state index contributed by atoms with van der Waals surface area (Å²) in [5, 5.41) is 3.91. The van der Waals surface area contributed by atoms with Crippen molar-refractivity contribution in [3.63, 3.8) is 0 Å². The molecule has 2 aliphatic rings. The minimum atomic E-state index is -0.124. The van der Waals surface area contributed by atoms with Crippen LogP contribution in [-0.4, -0.2) is 11.5 Å². The third-order valence-corrected chi connectivity index (χ3v) is 5.79. The molecule has 1 aliphatic heterocycles. The zero-order valence-corrected chi connectivity index (χ0v) is 15.6. The van der Waals surface area contributed by atoms with Crippen molar-refractivity contribution in [2.24, 2.45) is 0 Å². The fourth-order valence-electron chi connectivity index (χ4n) is 4.33. The first-order valence-corrected chi connectivity index (χ1v) is 9.83. The van der Waals surface area contributed by atoms with Gasteiger partial charge in [0.25, 0.3) is 0 Å². The fraction of sp³-hybridized carbons (Fsp3) is 0.409. The lowest BCUT2D eigenvalue weighted by Crippen LogP contribution is -2.46. The van der Waals surface area contributed by atoms with Crippen LogP contribution in [0.2, 0.25) is 5.02 Å². The van der Waals surface area contributed by atoms with Crippen LogP contribution in [0.1, 0.15) is 55.7 Å². The van der Waals surface area contributed by atoms with Gasteiger partial charge < -0.3 is 10.1 Å². The molecule has 1 atom stereocenters. The molecule has 4 rings (SSSR count). The highest BCUT2D eigenvalue weighted by Crippen LogP contribution is 2.46. The zero-order valence-electron chi connectivity index (χ0n) is 14.8. The smallest absolute Gasteiger partial charge is 0.224 e. The molecule has 1 spiro atoms. The fourth-order valence-corrected chi connectivity index (χ4v) is 4.54. The average Bonchev–Trinajstić information content (AvgIpc) is 2.62. The van der Waals surface area contributed by atoms with E-state index in [9.17, 15) is 4.79 Å². The van der Waals surface area contributed by atoms with Gasteiger partial charge in [-0.05, 0) is 49.4 Å². The van der Waals surface area contributed by atoms with Crippen LogP contribution in [0.5, 0.6) is 5.75 Å². The molecule has 1 fully saturated rings. The Morgan fingerprint density at radius 3 is 2.73 bits per heavy atom. The highest BCUT2D eigenvalue weighted by molar-refractivity contribution is 6.30. The molecule has 1 unspecified atom stereocenters. The quantitative estimate of drug-likeness (QED) is 0.804. The first-order valence-electron chi connectivity index (χ1n) is 9.45. The number of amides is 1. The molecule has 1 saturated carbocycles. The van der Waals surface area contributed by atoms with Gasteiger partial charge in [0.15, 0.2) is 0 Å². The van der Waals surface area contributed by atoms with E-state index in [1.54, 1.807) is 0 Å². The van der Waals surface area contributed by atoms with Crippen LogP contribution in [0.25, 0.3) is 0 Å². The molecule has 1 heterocycles. The Hall–Kier alpha value is -2.00. The molecule has 1 aliphatic carbocycles. The third-order valence-electron chi connectivity index (χ3n) is 5.55. The predicted octanol–water partition coefficient (Wildman–Crippen LogP) is 5.23. The molecular formula is C22H24ClNO2. The van der Waals surface area contributed by atoms with Crippen LogP contribution in [0, 0.1) is 0 Å². The lowest BCUT2D eigenvalue weighted by molar-refractivity contribution is -0.122. The Kier molecular flexibility index (Phi) is 4.90. The van der Waals surface area contributed by atoms with Crippen molar-refractivity contribution in [1.29, 1.82) is 0 Å². The number of hydrogen-bond acceptors (Lipinski definition) is 2. The van der Waals surface area contributed by atoms with E-state index in [0.717, 1.165) is 36.1 Å². The summed E-state index contributed by atoms with van der Waals surface area (Å²) in [5.74, 6) is 0.952. The van der Waals surface area contributed by atoms with Gasteiger partial charge in [-0.3, -0.25) is 4.79 Å². The van der Waals surface area contributed by atoms with Gasteiger partial charge in [-0.25, -0.2) is 0 Å². The van der Waals surface area contributed by atoms with Crippen LogP contribution in [0.4, 0.5) is 0 Å². The molecule has 2 aromatic carbocycles. The highest BCUT2D eigenvalue weighted by atomic mass is 35.5. The zero-order chi connectivity index (χ0) is 18.0. The molecule has 4 heteroatoms. The number of para-hydroxylation sites is 1. The first-order chi connectivity index (χ1) is 12.6. The second-order valence-corrected chi connectivity index (χ2v) is 7.95. The van der Waals surface area contributed by atoms with Crippen molar-refractivity contribution in [2.75, 3.05) is 0 Å². The van der Waals surface area contributed by atoms with Gasteiger partial charge in [-0.15, -0.1) is 0 Å². The van der Waals surface area contributed by atoms with Crippen LogP contribution >= 0.6 is 11.6 Å². The number of halogens is 1. The molecule has 3 nitrogen and oxygen atoms in total. The molecule has 1 N–H and O–H groups in total. The number of carbonyl (C=O) groups excluding carboxylic acids is 1. The number of carbonyl (C=O) groups is 1. The summed E-state index contributed by atoms with van der Waals surface area (Å²) in [5.41, 5.74) is 1.89. The second kappa shape index (κ2) is 7.32. The van der Waals surface area contributed by atoms with Gasteiger partial charge in [0, 0.05) is 17.0 Å². The van der Waals surface area contributed by atoms with Gasteiger partial charge in [0.1, 0.15) is 11.4 Å². The van der Waals surface area contributed by atoms with Crippen molar-refractivity contribution in [1.82, 2.24) is 5.32 Å². The maximum Gasteiger partial charge on any atom is 0.224 e. The van der Waals surface area contributed by atoms with E-state index in [0.29, 0.717) is 11.4 Å². The number of nitrogens with one attached hydrogen (secondary N) is 1. The second-order valence-electron chi connectivity index (χ2n) is 7.51. The molecule has 0 bridgehead atoms. The third kappa shape index (κ3) is 3.73. The minimum Gasteiger partial charge on any atom is -0.487 e. The van der Waals surface area contributed by atoms with Gasteiger partial charge in [0.05, 0.1) is 12.5 Å². The summed E-state index contributed by atoms with van der Waals surface area (Å²) < 4.78 is 6.44. The summed E-state index contributed by atoms with van der Waals surface area (Å²) in [7, 11) is 0. The van der Waals surface area contributed by atoms with Gasteiger partial charge in [-0.2, -0.15) is 0 Å². The van der Waals surface area contributed by atoms with Crippen LogP contribution in [0.15, 0.2) is 48.5 Å². The number of hydrogen-bond donors (Lipinski definition) is 1. The normalized spacial score (nSPS) is 20.9. The molecule has 0 radical (unpaired) electrons. The van der Waals surface area contributed by atoms with Crippen LogP contribution in [-0.2, 0) is 11.2 Å². The Labute approximate surface area is 159 Å². The van der Waals surface area contributed by atoms with Gasteiger partial charge in [0.2, 0.25) is 5.91 Å². The molecule has 26 heavy (non-hydrogen) atoms.